The van der Waals surface area contributed by atoms with Crippen molar-refractivity contribution >= 4 is 23.6 Å². The van der Waals surface area contributed by atoms with E-state index in [9.17, 15) is 14.7 Å². The molecule has 1 aliphatic heterocycles. The van der Waals surface area contributed by atoms with Crippen molar-refractivity contribution in [1.82, 2.24) is 10.3 Å². The largest absolute Gasteiger partial charge is 0.481 e. The maximum absolute atomic E-state index is 12.2. The number of hydrogen-bond donors (Lipinski definition) is 3. The first-order chi connectivity index (χ1) is 20.0. The number of ether oxygens (including phenoxy) is 2. The molecule has 1 amide bonds. The number of pyridine rings is 1. The number of carbonyl (C=O) groups excluding carboxylic acids is 1. The topological polar surface area (TPSA) is 118 Å². The number of nitrogens with one attached hydrogen (secondary N) is 1. The SMILES string of the molecule is O=C(O)CCCCCCC(=O)NCc1ccc([C@@H]2O[C@H](CSc3ccccn3)C[C@H](c3ccc(CO)cc3)O2)cc1. The molecule has 3 aromatic rings. The molecule has 0 unspecified atom stereocenters. The van der Waals surface area contributed by atoms with E-state index in [0.717, 1.165) is 52.3 Å². The summed E-state index contributed by atoms with van der Waals surface area (Å²) in [4.78, 5) is 27.2. The van der Waals surface area contributed by atoms with Gasteiger partial charge in [0.1, 0.15) is 0 Å². The number of unbranched alkanes of at least 4 members (excludes halogenated alkanes) is 3. The van der Waals surface area contributed by atoms with E-state index in [1.54, 1.807) is 18.0 Å². The lowest BCUT2D eigenvalue weighted by molar-refractivity contribution is -0.245. The molecule has 0 radical (unpaired) electrons. The summed E-state index contributed by atoms with van der Waals surface area (Å²) in [7, 11) is 0. The number of aliphatic hydroxyl groups excluding tert-OH is 1. The van der Waals surface area contributed by atoms with Gasteiger partial charge in [-0.15, -0.1) is 11.8 Å². The van der Waals surface area contributed by atoms with Gasteiger partial charge < -0.3 is 25.0 Å². The second-order valence-electron chi connectivity index (χ2n) is 10.2. The van der Waals surface area contributed by atoms with Crippen molar-refractivity contribution in [2.75, 3.05) is 5.75 Å². The Morgan fingerprint density at radius 2 is 1.59 bits per heavy atom. The number of carbonyl (C=O) groups is 2. The fraction of sp³-hybridized carbons (Fsp3) is 0.406. The van der Waals surface area contributed by atoms with Gasteiger partial charge in [0, 0.05) is 43.3 Å². The van der Waals surface area contributed by atoms with Crippen molar-refractivity contribution < 1.29 is 29.3 Å². The van der Waals surface area contributed by atoms with Gasteiger partial charge in [0.25, 0.3) is 0 Å². The number of aliphatic carboxylic acids is 1. The first kappa shape index (κ1) is 30.7. The Labute approximate surface area is 245 Å². The third-order valence-electron chi connectivity index (χ3n) is 6.96. The van der Waals surface area contributed by atoms with Crippen molar-refractivity contribution in [3.63, 3.8) is 0 Å². The maximum atomic E-state index is 12.2. The zero-order valence-corrected chi connectivity index (χ0v) is 23.9. The fourth-order valence-corrected chi connectivity index (χ4v) is 5.51. The van der Waals surface area contributed by atoms with E-state index >= 15 is 0 Å². The molecule has 2 aromatic carbocycles. The van der Waals surface area contributed by atoms with Crippen molar-refractivity contribution in [1.29, 1.82) is 0 Å². The third-order valence-corrected chi connectivity index (χ3v) is 8.03. The summed E-state index contributed by atoms with van der Waals surface area (Å²) < 4.78 is 12.8. The Hall–Kier alpha value is -3.24. The third kappa shape index (κ3) is 10.3. The number of carboxylic acid groups (broad SMARTS) is 1. The first-order valence-electron chi connectivity index (χ1n) is 14.1. The van der Waals surface area contributed by atoms with Gasteiger partial charge in [-0.25, -0.2) is 4.98 Å². The summed E-state index contributed by atoms with van der Waals surface area (Å²) >= 11 is 1.66. The Morgan fingerprint density at radius 1 is 0.878 bits per heavy atom. The molecule has 3 N–H and O–H groups in total. The van der Waals surface area contributed by atoms with Gasteiger partial charge in [0.2, 0.25) is 5.91 Å². The van der Waals surface area contributed by atoms with Gasteiger partial charge in [-0.05, 0) is 41.7 Å². The lowest BCUT2D eigenvalue weighted by Gasteiger charge is -2.36. The van der Waals surface area contributed by atoms with Gasteiger partial charge in [0.15, 0.2) is 6.29 Å². The van der Waals surface area contributed by atoms with Crippen LogP contribution in [0, 0.1) is 0 Å². The van der Waals surface area contributed by atoms with Gasteiger partial charge in [0.05, 0.1) is 23.8 Å². The Kier molecular flexibility index (Phi) is 12.2. The number of thioether (sulfide) groups is 1. The summed E-state index contributed by atoms with van der Waals surface area (Å²) in [5, 5.41) is 22.0. The van der Waals surface area contributed by atoms with Crippen molar-refractivity contribution in [2.45, 2.75) is 81.6 Å². The monoisotopic (exact) mass is 578 g/mol. The number of rotatable bonds is 15. The molecule has 9 heteroatoms. The van der Waals surface area contributed by atoms with Gasteiger partial charge >= 0.3 is 5.97 Å². The van der Waals surface area contributed by atoms with Crippen LogP contribution in [0.25, 0.3) is 0 Å². The quantitative estimate of drug-likeness (QED) is 0.150. The van der Waals surface area contributed by atoms with E-state index < -0.39 is 12.3 Å². The summed E-state index contributed by atoms with van der Waals surface area (Å²) in [6.07, 6.45) is 5.46. The summed E-state index contributed by atoms with van der Waals surface area (Å²) in [6, 6.07) is 21.6. The maximum Gasteiger partial charge on any atom is 0.303 e. The predicted molar refractivity (Wildman–Crippen MR) is 157 cm³/mol. The number of carboxylic acids is 1. The normalized spacial score (nSPS) is 18.6. The highest BCUT2D eigenvalue weighted by atomic mass is 32.2. The summed E-state index contributed by atoms with van der Waals surface area (Å²) in [5.74, 6) is -0.0381. The van der Waals surface area contributed by atoms with Crippen LogP contribution in [0.2, 0.25) is 0 Å². The molecule has 8 nitrogen and oxygen atoms in total. The molecule has 0 aliphatic carbocycles. The molecule has 1 saturated heterocycles. The average molecular weight is 579 g/mol. The standard InChI is InChI=1S/C32H38N2O6S/c35-21-24-12-14-25(15-13-24)28-19-27(22-41-30-8-5-6-18-33-30)39-32(40-28)26-16-10-23(11-17-26)20-34-29(36)7-3-1-2-4-9-31(37)38/h5-6,8,10-18,27-28,32,35H,1-4,7,9,19-22H2,(H,34,36)(H,37,38)/t27-,28+,32+/m0/s1. The van der Waals surface area contributed by atoms with Crippen LogP contribution in [-0.2, 0) is 32.2 Å². The molecule has 4 rings (SSSR count). The van der Waals surface area contributed by atoms with E-state index in [4.69, 9.17) is 14.6 Å². The van der Waals surface area contributed by atoms with Crippen molar-refractivity contribution in [3.8, 4) is 0 Å². The number of nitrogens with zero attached hydrogens (tertiary/aromatic N) is 1. The molecule has 0 saturated carbocycles. The van der Waals surface area contributed by atoms with Crippen molar-refractivity contribution in [3.05, 3.63) is 95.2 Å². The van der Waals surface area contributed by atoms with E-state index in [1.165, 1.54) is 0 Å². The number of aromatic nitrogens is 1. The Balaban J connectivity index is 1.32. The van der Waals surface area contributed by atoms with Crippen LogP contribution in [0.15, 0.2) is 78.0 Å². The van der Waals surface area contributed by atoms with Crippen LogP contribution < -0.4 is 5.32 Å². The number of benzene rings is 2. The van der Waals surface area contributed by atoms with Crippen molar-refractivity contribution in [2.24, 2.45) is 0 Å². The first-order valence-corrected chi connectivity index (χ1v) is 15.1. The zero-order chi connectivity index (χ0) is 28.9. The lowest BCUT2D eigenvalue weighted by atomic mass is 10.0. The number of hydrogen-bond acceptors (Lipinski definition) is 7. The van der Waals surface area contributed by atoms with Gasteiger partial charge in [-0.2, -0.15) is 0 Å². The van der Waals surface area contributed by atoms with Crippen LogP contribution in [-0.4, -0.2) is 38.9 Å². The second kappa shape index (κ2) is 16.3. The van der Waals surface area contributed by atoms with Crippen LogP contribution in [0.3, 0.4) is 0 Å². The predicted octanol–water partition coefficient (Wildman–Crippen LogP) is 5.95. The molecule has 0 spiro atoms. The highest BCUT2D eigenvalue weighted by Gasteiger charge is 2.32. The van der Waals surface area contributed by atoms with Crippen LogP contribution in [0.1, 0.15) is 79.6 Å². The molecule has 3 atom stereocenters. The van der Waals surface area contributed by atoms with E-state index in [1.807, 2.05) is 66.7 Å². The molecule has 1 fully saturated rings. The average Bonchev–Trinajstić information content (AvgIpc) is 3.01. The van der Waals surface area contributed by atoms with E-state index in [-0.39, 0.29) is 31.1 Å². The smallest absolute Gasteiger partial charge is 0.303 e. The summed E-state index contributed by atoms with van der Waals surface area (Å²) in [6.45, 7) is 0.440. The van der Waals surface area contributed by atoms with Crippen LogP contribution in [0.4, 0.5) is 0 Å². The molecule has 2 heterocycles. The second-order valence-corrected chi connectivity index (χ2v) is 11.2. The molecule has 1 aliphatic rings. The van der Waals surface area contributed by atoms with E-state index in [0.29, 0.717) is 25.8 Å². The Bertz CT molecular complexity index is 1220. The molecule has 41 heavy (non-hydrogen) atoms. The Morgan fingerprint density at radius 3 is 2.27 bits per heavy atom. The van der Waals surface area contributed by atoms with Crippen LogP contribution in [0.5, 0.6) is 0 Å². The minimum Gasteiger partial charge on any atom is -0.481 e. The van der Waals surface area contributed by atoms with E-state index in [2.05, 4.69) is 10.3 Å². The lowest BCUT2D eigenvalue weighted by Crippen LogP contribution is -2.31. The highest BCUT2D eigenvalue weighted by molar-refractivity contribution is 7.99. The minimum absolute atomic E-state index is 0.00226. The molecule has 1 aromatic heterocycles. The minimum atomic E-state index is -0.775. The molecule has 218 valence electrons. The molecular formula is C32H38N2O6S. The number of aliphatic hydroxyl groups is 1. The summed E-state index contributed by atoms with van der Waals surface area (Å²) in [5.41, 5.74) is 3.80. The highest BCUT2D eigenvalue weighted by Crippen LogP contribution is 2.39. The molecular weight excluding hydrogens is 540 g/mol. The fourth-order valence-electron chi connectivity index (χ4n) is 4.63. The molecule has 0 bridgehead atoms. The van der Waals surface area contributed by atoms with Gasteiger partial charge in [-0.1, -0.05) is 67.4 Å². The van der Waals surface area contributed by atoms with Crippen LogP contribution >= 0.6 is 11.8 Å². The zero-order valence-electron chi connectivity index (χ0n) is 23.1. The number of amides is 1. The van der Waals surface area contributed by atoms with Gasteiger partial charge in [-0.3, -0.25) is 9.59 Å².